The SMILES string of the molecule is COc1ccc(COc2ccc3c(c2)-c2nc-3nc3[nH]c(nc4nc(nc5[nH]c(n2)c2ccc(OCc6ccc(OC)cc6)cc52)-c2ccc(OCc5ccc(OC)cc5)cc2-4)c2ccc(OCc4ccc(OC)cc4)cc32)cc1. The molecule has 11 aromatic rings. The maximum absolute atomic E-state index is 6.41. The summed E-state index contributed by atoms with van der Waals surface area (Å²) in [6.45, 7) is 1.32. The molecule has 0 saturated carbocycles. The van der Waals surface area contributed by atoms with Gasteiger partial charge in [-0.2, -0.15) is 0 Å². The van der Waals surface area contributed by atoms with Gasteiger partial charge < -0.3 is 47.9 Å². The zero-order valence-electron chi connectivity index (χ0n) is 43.9. The summed E-state index contributed by atoms with van der Waals surface area (Å²) >= 11 is 0. The van der Waals surface area contributed by atoms with Gasteiger partial charge in [-0.1, -0.05) is 48.5 Å². The van der Waals surface area contributed by atoms with Crippen LogP contribution in [0.1, 0.15) is 22.3 Å². The number of benzene rings is 8. The van der Waals surface area contributed by atoms with Gasteiger partial charge in [0.2, 0.25) is 0 Å². The molecule has 0 unspecified atom stereocenters. The molecule has 394 valence electrons. The lowest BCUT2D eigenvalue weighted by Gasteiger charge is -2.09. The Hall–Kier alpha value is -10.5. The number of rotatable bonds is 16. The Morgan fingerprint density at radius 1 is 0.263 bits per heavy atom. The summed E-state index contributed by atoms with van der Waals surface area (Å²) in [5, 5.41) is 3.07. The van der Waals surface area contributed by atoms with Gasteiger partial charge in [-0.3, -0.25) is 0 Å². The fourth-order valence-corrected chi connectivity index (χ4v) is 9.62. The molecule has 0 fully saturated rings. The minimum absolute atomic E-state index is 0.329. The Labute approximate surface area is 458 Å². The van der Waals surface area contributed by atoms with Crippen molar-refractivity contribution < 1.29 is 37.9 Å². The third-order valence-corrected chi connectivity index (χ3v) is 14.0. The topological polar surface area (TPSA) is 183 Å². The molecule has 13 rings (SSSR count). The number of H-pyrrole nitrogens is 2. The van der Waals surface area contributed by atoms with E-state index in [0.29, 0.717) is 95.3 Å². The number of aromatic amines is 2. The Balaban J connectivity index is 0.989. The van der Waals surface area contributed by atoms with E-state index in [9.17, 15) is 0 Å². The van der Waals surface area contributed by atoms with E-state index in [1.165, 1.54) is 0 Å². The van der Waals surface area contributed by atoms with Gasteiger partial charge in [0.1, 0.15) is 95.0 Å². The van der Waals surface area contributed by atoms with Crippen LogP contribution in [0, 0.1) is 0 Å². The van der Waals surface area contributed by atoms with Crippen LogP contribution in [-0.2, 0) is 26.4 Å². The highest BCUT2D eigenvalue weighted by molar-refractivity contribution is 6.07. The van der Waals surface area contributed by atoms with Crippen LogP contribution in [0.25, 0.3) is 89.7 Å². The highest BCUT2D eigenvalue weighted by Gasteiger charge is 2.24. The normalized spacial score (nSPS) is 11.4. The zero-order valence-corrected chi connectivity index (χ0v) is 43.9. The summed E-state index contributed by atoms with van der Waals surface area (Å²) in [6, 6.07) is 54.6. The Morgan fingerprint density at radius 3 is 0.838 bits per heavy atom. The lowest BCUT2D eigenvalue weighted by molar-refractivity contribution is 0.306. The van der Waals surface area contributed by atoms with E-state index in [1.807, 2.05) is 170 Å². The minimum atomic E-state index is 0.329. The molecule has 0 radical (unpaired) electrons. The third-order valence-electron chi connectivity index (χ3n) is 14.0. The average Bonchev–Trinajstić information content (AvgIpc) is 4.37. The van der Waals surface area contributed by atoms with E-state index < -0.39 is 0 Å². The van der Waals surface area contributed by atoms with Gasteiger partial charge in [0.25, 0.3) is 0 Å². The fourth-order valence-electron chi connectivity index (χ4n) is 9.62. The van der Waals surface area contributed by atoms with Gasteiger partial charge in [0.15, 0.2) is 23.3 Å². The number of ether oxygens (including phenoxy) is 8. The van der Waals surface area contributed by atoms with E-state index >= 15 is 0 Å². The molecule has 2 aliphatic rings. The highest BCUT2D eigenvalue weighted by Crippen LogP contribution is 2.41. The van der Waals surface area contributed by atoms with Crippen LogP contribution in [0.15, 0.2) is 170 Å². The van der Waals surface area contributed by atoms with Crippen molar-refractivity contribution in [3.63, 3.8) is 0 Å². The summed E-state index contributed by atoms with van der Waals surface area (Å²) in [4.78, 5) is 38.7. The van der Waals surface area contributed by atoms with Crippen molar-refractivity contribution >= 4 is 44.1 Å². The molecular formula is C64H50N8O8. The highest BCUT2D eigenvalue weighted by atomic mass is 16.5. The van der Waals surface area contributed by atoms with E-state index in [2.05, 4.69) is 9.97 Å². The van der Waals surface area contributed by atoms with Gasteiger partial charge in [-0.15, -0.1) is 0 Å². The Bertz CT molecular complexity index is 4020. The standard InChI is InChI=1S/C64H50N8O8/c1-73-41-13-5-37(6-14-41)33-77-45-21-25-49-53(29-45)61-65-57(49)70-62-55-31-47(79-35-39-9-17-43(75-3)18-10-39)23-27-51(55)59(67-62)72-64-56-32-48(80-36-40-11-19-44(76-4)20-12-40)24-28-52(56)60(68-64)71-63-54-30-46(22-26-50(54)58(66-63)69-61)78-34-38-7-15-42(74-2)16-8-38/h5-32H,33-36H2,1-4H3,(H2,65,66,67,68,69,70,71,72). The van der Waals surface area contributed by atoms with Crippen molar-refractivity contribution in [3.05, 3.63) is 192 Å². The van der Waals surface area contributed by atoms with Crippen molar-refractivity contribution in [3.8, 4) is 91.5 Å². The first-order chi connectivity index (χ1) is 39.3. The van der Waals surface area contributed by atoms with Crippen LogP contribution in [-0.4, -0.2) is 68.3 Å². The first-order valence-electron chi connectivity index (χ1n) is 25.8. The second-order valence-corrected chi connectivity index (χ2v) is 19.0. The molecule has 0 aliphatic carbocycles. The second-order valence-electron chi connectivity index (χ2n) is 19.0. The van der Waals surface area contributed by atoms with Crippen LogP contribution in [0.2, 0.25) is 0 Å². The molecule has 80 heavy (non-hydrogen) atoms. The van der Waals surface area contributed by atoms with Crippen LogP contribution in [0.5, 0.6) is 46.0 Å². The molecule has 5 heterocycles. The monoisotopic (exact) mass is 1060 g/mol. The maximum atomic E-state index is 6.41. The van der Waals surface area contributed by atoms with E-state index in [0.717, 1.165) is 89.1 Å². The summed E-state index contributed by atoms with van der Waals surface area (Å²) < 4.78 is 47.2. The molecular weight excluding hydrogens is 1010 g/mol. The Morgan fingerprint density at radius 2 is 0.525 bits per heavy atom. The van der Waals surface area contributed by atoms with Crippen LogP contribution in [0.3, 0.4) is 0 Å². The molecule has 0 spiro atoms. The van der Waals surface area contributed by atoms with E-state index in [1.54, 1.807) is 28.4 Å². The predicted molar refractivity (Wildman–Crippen MR) is 305 cm³/mol. The van der Waals surface area contributed by atoms with Gasteiger partial charge >= 0.3 is 0 Å². The van der Waals surface area contributed by atoms with Gasteiger partial charge in [0.05, 0.1) is 28.4 Å². The number of aromatic nitrogens is 8. The third kappa shape index (κ3) is 9.92. The number of nitrogens with zero attached hydrogens (tertiary/aromatic N) is 6. The summed E-state index contributed by atoms with van der Waals surface area (Å²) in [5.41, 5.74) is 8.93. The summed E-state index contributed by atoms with van der Waals surface area (Å²) in [5.74, 6) is 7.30. The lowest BCUT2D eigenvalue weighted by Crippen LogP contribution is -1.96. The molecule has 16 nitrogen and oxygen atoms in total. The summed E-state index contributed by atoms with van der Waals surface area (Å²) in [7, 11) is 6.59. The molecule has 0 saturated heterocycles. The number of methoxy groups -OCH3 is 4. The van der Waals surface area contributed by atoms with Crippen LogP contribution in [0.4, 0.5) is 0 Å². The average molecular weight is 1060 g/mol. The van der Waals surface area contributed by atoms with Gasteiger partial charge in [-0.05, 0) is 144 Å². The quantitative estimate of drug-likeness (QED) is 0.0932. The first kappa shape index (κ1) is 49.1. The zero-order chi connectivity index (χ0) is 54.1. The molecule has 0 amide bonds. The smallest absolute Gasteiger partial charge is 0.164 e. The molecule has 16 heteroatoms. The second kappa shape index (κ2) is 21.2. The Kier molecular flexibility index (Phi) is 13.0. The van der Waals surface area contributed by atoms with Crippen molar-refractivity contribution in [2.24, 2.45) is 0 Å². The number of nitrogens with one attached hydrogen (secondary N) is 2. The molecule has 3 aromatic heterocycles. The van der Waals surface area contributed by atoms with Crippen molar-refractivity contribution in [2.45, 2.75) is 26.4 Å². The van der Waals surface area contributed by atoms with Crippen LogP contribution < -0.4 is 37.9 Å². The molecule has 0 atom stereocenters. The predicted octanol–water partition coefficient (Wildman–Crippen LogP) is 13.2. The molecule has 8 bridgehead atoms. The molecule has 2 N–H and O–H groups in total. The first-order valence-corrected chi connectivity index (χ1v) is 25.8. The van der Waals surface area contributed by atoms with Gasteiger partial charge in [0, 0.05) is 43.8 Å². The number of hydrogen-bond donors (Lipinski definition) is 2. The largest absolute Gasteiger partial charge is 0.497 e. The summed E-state index contributed by atoms with van der Waals surface area (Å²) in [6.07, 6.45) is 0. The van der Waals surface area contributed by atoms with E-state index in [-0.39, 0.29) is 0 Å². The number of fused-ring (bicyclic) bond motifs is 20. The molecule has 2 aliphatic heterocycles. The van der Waals surface area contributed by atoms with E-state index in [4.69, 9.17) is 67.8 Å². The minimum Gasteiger partial charge on any atom is -0.497 e. The fraction of sp³-hybridized carbons (Fsp3) is 0.125. The van der Waals surface area contributed by atoms with Crippen LogP contribution >= 0.6 is 0 Å². The lowest BCUT2D eigenvalue weighted by atomic mass is 10.1. The van der Waals surface area contributed by atoms with Crippen molar-refractivity contribution in [2.75, 3.05) is 28.4 Å². The van der Waals surface area contributed by atoms with Crippen molar-refractivity contribution in [1.82, 2.24) is 39.9 Å². The maximum Gasteiger partial charge on any atom is 0.164 e. The molecule has 8 aromatic carbocycles. The van der Waals surface area contributed by atoms with Gasteiger partial charge in [-0.25, -0.2) is 29.9 Å². The number of hydrogen-bond acceptors (Lipinski definition) is 14. The van der Waals surface area contributed by atoms with Crippen molar-refractivity contribution in [1.29, 1.82) is 0 Å².